The second-order valence-corrected chi connectivity index (χ2v) is 11.8. The number of halogens is 4. The molecule has 0 radical (unpaired) electrons. The van der Waals surface area contributed by atoms with E-state index in [0.717, 1.165) is 30.6 Å². The number of hydrogen-bond donors (Lipinski definition) is 2. The summed E-state index contributed by atoms with van der Waals surface area (Å²) < 4.78 is 45.3. The summed E-state index contributed by atoms with van der Waals surface area (Å²) in [7, 11) is 0. The fourth-order valence-electron chi connectivity index (χ4n) is 7.27. The number of rotatable bonds is 6. The summed E-state index contributed by atoms with van der Waals surface area (Å²) in [5, 5.41) is 8.71. The second-order valence-electron chi connectivity index (χ2n) is 11.8. The van der Waals surface area contributed by atoms with Gasteiger partial charge in [-0.25, -0.2) is 0 Å². The van der Waals surface area contributed by atoms with Crippen LogP contribution >= 0.6 is 12.4 Å². The molecule has 0 bridgehead atoms. The predicted molar refractivity (Wildman–Crippen MR) is 157 cm³/mol. The molecule has 1 saturated heterocycles. The lowest BCUT2D eigenvalue weighted by Crippen LogP contribution is -2.46. The van der Waals surface area contributed by atoms with Gasteiger partial charge < -0.3 is 19.9 Å². The number of hydrogen-bond acceptors (Lipinski definition) is 3. The molecule has 40 heavy (non-hydrogen) atoms. The Hall–Kier alpha value is -2.22. The molecule has 1 aliphatic heterocycles. The van der Waals surface area contributed by atoms with Crippen LogP contribution in [0.4, 0.5) is 13.2 Å². The van der Waals surface area contributed by atoms with Crippen LogP contribution in [0.3, 0.4) is 0 Å². The molecular weight excluding hydrogens is 535 g/mol. The van der Waals surface area contributed by atoms with Gasteiger partial charge in [-0.1, -0.05) is 43.9 Å². The summed E-state index contributed by atoms with van der Waals surface area (Å²) in [6.07, 6.45) is 11.2. The molecule has 1 aromatic heterocycles. The average molecular weight is 576 g/mol. The molecule has 0 spiro atoms. The van der Waals surface area contributed by atoms with Gasteiger partial charge in [0.2, 0.25) is 0 Å². The van der Waals surface area contributed by atoms with Gasteiger partial charge in [0.1, 0.15) is 5.75 Å². The summed E-state index contributed by atoms with van der Waals surface area (Å²) >= 11 is 0. The number of fused-ring (bicyclic) bond motifs is 1. The van der Waals surface area contributed by atoms with Crippen molar-refractivity contribution in [3.05, 3.63) is 54.2 Å². The van der Waals surface area contributed by atoms with Gasteiger partial charge in [-0.3, -0.25) is 0 Å². The summed E-state index contributed by atoms with van der Waals surface area (Å²) in [6.45, 7) is 2.20. The lowest BCUT2D eigenvalue weighted by molar-refractivity contribution is -0.274. The van der Waals surface area contributed by atoms with E-state index in [0.29, 0.717) is 24.0 Å². The van der Waals surface area contributed by atoms with Crippen LogP contribution < -0.4 is 15.4 Å². The van der Waals surface area contributed by atoms with Crippen molar-refractivity contribution in [3.63, 3.8) is 0 Å². The third-order valence-corrected chi connectivity index (χ3v) is 9.16. The maximum absolute atomic E-state index is 12.9. The summed E-state index contributed by atoms with van der Waals surface area (Å²) in [4.78, 5) is 0. The van der Waals surface area contributed by atoms with Gasteiger partial charge in [-0.2, -0.15) is 0 Å². The molecule has 218 valence electrons. The third kappa shape index (κ3) is 6.80. The Labute approximate surface area is 241 Å². The van der Waals surface area contributed by atoms with Crippen molar-refractivity contribution in [2.45, 2.75) is 101 Å². The summed E-state index contributed by atoms with van der Waals surface area (Å²) in [6, 6.07) is 14.5. The Morgan fingerprint density at radius 2 is 1.60 bits per heavy atom. The van der Waals surface area contributed by atoms with Crippen LogP contribution in [-0.4, -0.2) is 36.1 Å². The summed E-state index contributed by atoms with van der Waals surface area (Å²) in [5.41, 5.74) is 4.34. The number of piperidine rings is 1. The zero-order valence-electron chi connectivity index (χ0n) is 23.0. The first-order valence-electron chi connectivity index (χ1n) is 14.9. The van der Waals surface area contributed by atoms with Crippen LogP contribution in [0, 0.1) is 0 Å². The molecule has 3 fully saturated rings. The minimum atomic E-state index is -4.70. The zero-order valence-corrected chi connectivity index (χ0v) is 23.8. The lowest BCUT2D eigenvalue weighted by atomic mass is 9.80. The van der Waals surface area contributed by atoms with E-state index in [1.807, 2.05) is 6.07 Å². The maximum Gasteiger partial charge on any atom is 0.573 e. The molecule has 2 atom stereocenters. The summed E-state index contributed by atoms with van der Waals surface area (Å²) in [5.74, 6) is 0.305. The van der Waals surface area contributed by atoms with Crippen LogP contribution in [0.1, 0.15) is 88.2 Å². The number of ether oxygens (including phenoxy) is 1. The van der Waals surface area contributed by atoms with E-state index in [1.165, 1.54) is 92.8 Å². The van der Waals surface area contributed by atoms with E-state index < -0.39 is 6.36 Å². The average Bonchev–Trinajstić information content (AvgIpc) is 3.32. The first kappa shape index (κ1) is 29.3. The van der Waals surface area contributed by atoms with E-state index >= 15 is 0 Å². The number of benzene rings is 2. The first-order chi connectivity index (χ1) is 18.9. The maximum atomic E-state index is 12.9. The van der Waals surface area contributed by atoms with E-state index in [4.69, 9.17) is 0 Å². The Kier molecular flexibility index (Phi) is 9.33. The Bertz CT molecular complexity index is 1260. The molecular formula is C32H41ClF3N3O. The molecule has 2 aliphatic carbocycles. The van der Waals surface area contributed by atoms with Crippen molar-refractivity contribution in [1.82, 2.24) is 15.2 Å². The number of aromatic nitrogens is 1. The van der Waals surface area contributed by atoms with Gasteiger partial charge in [0, 0.05) is 35.2 Å². The fraction of sp³-hybridized carbons (Fsp3) is 0.562. The van der Waals surface area contributed by atoms with Crippen LogP contribution in [0.25, 0.3) is 22.0 Å². The Balaban J connectivity index is 0.00000323. The zero-order chi connectivity index (χ0) is 26.8. The molecule has 6 rings (SSSR count). The number of alkyl halides is 3. The van der Waals surface area contributed by atoms with Gasteiger partial charge in [-0.05, 0) is 105 Å². The molecule has 3 aromatic rings. The minimum Gasteiger partial charge on any atom is -0.406 e. The highest BCUT2D eigenvalue weighted by atomic mass is 35.5. The first-order valence-corrected chi connectivity index (χ1v) is 14.9. The van der Waals surface area contributed by atoms with E-state index in [9.17, 15) is 13.2 Å². The molecule has 3 aliphatic rings. The fourth-order valence-corrected chi connectivity index (χ4v) is 7.27. The monoisotopic (exact) mass is 575 g/mol. The largest absolute Gasteiger partial charge is 0.573 e. The van der Waals surface area contributed by atoms with Gasteiger partial charge >= 0.3 is 6.36 Å². The van der Waals surface area contributed by atoms with E-state index in [1.54, 1.807) is 6.07 Å². The number of nitrogens with zero attached hydrogens (tertiary/aromatic N) is 1. The van der Waals surface area contributed by atoms with Crippen LogP contribution in [-0.2, 0) is 0 Å². The molecule has 2 N–H and O–H groups in total. The number of nitrogens with one attached hydrogen (secondary N) is 2. The molecule has 2 saturated carbocycles. The van der Waals surface area contributed by atoms with Crippen molar-refractivity contribution in [3.8, 4) is 16.9 Å². The van der Waals surface area contributed by atoms with Crippen molar-refractivity contribution >= 4 is 23.3 Å². The second kappa shape index (κ2) is 12.7. The van der Waals surface area contributed by atoms with Crippen molar-refractivity contribution in [1.29, 1.82) is 0 Å². The third-order valence-electron chi connectivity index (χ3n) is 9.16. The standard InChI is InChI=1S/C32H40F3N3O.ClH/c33-32(34,35)39-28-11-5-6-22(19-28)23-12-13-31-29(20-23)30(21-38(31)27-9-2-1-3-10-27)24-7-4-8-26(18-24)37-25-14-16-36-17-15-25;/h5-6,11-13,19-21,24-27,36-37H,1-4,7-10,14-18H2;1H. The van der Waals surface area contributed by atoms with Crippen LogP contribution in [0.15, 0.2) is 48.7 Å². The van der Waals surface area contributed by atoms with Crippen LogP contribution in [0.5, 0.6) is 5.75 Å². The molecule has 2 aromatic carbocycles. The van der Waals surface area contributed by atoms with Gasteiger partial charge in [0.15, 0.2) is 0 Å². The minimum absolute atomic E-state index is 0. The SMILES string of the molecule is Cl.FC(F)(F)Oc1cccc(-c2ccc3c(c2)c(C2CCCC(NC4CCNCC4)C2)cn3C2CCCCC2)c1. The highest BCUT2D eigenvalue weighted by molar-refractivity contribution is 5.89. The van der Waals surface area contributed by atoms with Crippen molar-refractivity contribution in [2.75, 3.05) is 13.1 Å². The van der Waals surface area contributed by atoms with Crippen molar-refractivity contribution in [2.24, 2.45) is 0 Å². The topological polar surface area (TPSA) is 38.2 Å². The van der Waals surface area contributed by atoms with Crippen molar-refractivity contribution < 1.29 is 17.9 Å². The predicted octanol–water partition coefficient (Wildman–Crippen LogP) is 8.50. The van der Waals surface area contributed by atoms with Gasteiger partial charge in [0.25, 0.3) is 0 Å². The molecule has 4 nitrogen and oxygen atoms in total. The quantitative estimate of drug-likeness (QED) is 0.309. The van der Waals surface area contributed by atoms with E-state index in [-0.39, 0.29) is 18.2 Å². The molecule has 0 amide bonds. The van der Waals surface area contributed by atoms with Crippen LogP contribution in [0.2, 0.25) is 0 Å². The highest BCUT2D eigenvalue weighted by Crippen LogP contribution is 2.42. The Morgan fingerprint density at radius 3 is 2.38 bits per heavy atom. The van der Waals surface area contributed by atoms with E-state index in [2.05, 4.69) is 44.3 Å². The van der Waals surface area contributed by atoms with Gasteiger partial charge in [-0.15, -0.1) is 25.6 Å². The smallest absolute Gasteiger partial charge is 0.406 e. The Morgan fingerprint density at radius 1 is 0.825 bits per heavy atom. The molecule has 8 heteroatoms. The molecule has 2 unspecified atom stereocenters. The normalized spacial score (nSPS) is 23.2. The molecule has 2 heterocycles. The lowest BCUT2D eigenvalue weighted by Gasteiger charge is -2.34. The van der Waals surface area contributed by atoms with Gasteiger partial charge in [0.05, 0.1) is 0 Å². The highest BCUT2D eigenvalue weighted by Gasteiger charge is 2.32.